The molecule has 1 fully saturated rings. The molecule has 1 aliphatic carbocycles. The summed E-state index contributed by atoms with van der Waals surface area (Å²) < 4.78 is 18.2. The van der Waals surface area contributed by atoms with E-state index in [1.54, 1.807) is 13.2 Å². The Morgan fingerprint density at radius 3 is 2.88 bits per heavy atom. The number of ether oxygens (including phenoxy) is 1. The lowest BCUT2D eigenvalue weighted by molar-refractivity contribution is 0.0170. The quantitative estimate of drug-likeness (QED) is 0.821. The van der Waals surface area contributed by atoms with Crippen LogP contribution in [-0.4, -0.2) is 24.4 Å². The first-order chi connectivity index (χ1) is 7.69. The molecule has 0 radical (unpaired) electrons. The van der Waals surface area contributed by atoms with Crippen LogP contribution >= 0.6 is 0 Å². The predicted molar refractivity (Wildman–Crippen MR) is 58.7 cm³/mol. The number of aromatic hydroxyl groups is 1. The number of nitrogens with one attached hydrogen (secondary N) is 1. The van der Waals surface area contributed by atoms with E-state index in [4.69, 9.17) is 9.84 Å². The maximum absolute atomic E-state index is 13.0. The third-order valence-corrected chi connectivity index (χ3v) is 3.04. The molecular weight excluding hydrogens is 209 g/mol. The number of hydrogen-bond donors (Lipinski definition) is 2. The van der Waals surface area contributed by atoms with Gasteiger partial charge in [-0.05, 0) is 30.5 Å². The second-order valence-corrected chi connectivity index (χ2v) is 4.19. The molecule has 0 heterocycles. The van der Waals surface area contributed by atoms with E-state index in [0.29, 0.717) is 18.7 Å². The summed E-state index contributed by atoms with van der Waals surface area (Å²) >= 11 is 0. The van der Waals surface area contributed by atoms with Crippen LogP contribution in [0.25, 0.3) is 0 Å². The Kier molecular flexibility index (Phi) is 3.41. The van der Waals surface area contributed by atoms with Gasteiger partial charge >= 0.3 is 0 Å². The summed E-state index contributed by atoms with van der Waals surface area (Å²) in [4.78, 5) is 0. The van der Waals surface area contributed by atoms with Crippen molar-refractivity contribution >= 4 is 0 Å². The number of benzene rings is 1. The number of phenols is 1. The van der Waals surface area contributed by atoms with Crippen LogP contribution in [0, 0.1) is 5.82 Å². The fraction of sp³-hybridized carbons (Fsp3) is 0.500. The van der Waals surface area contributed by atoms with Gasteiger partial charge in [0.05, 0.1) is 6.10 Å². The monoisotopic (exact) mass is 225 g/mol. The topological polar surface area (TPSA) is 41.5 Å². The fourth-order valence-corrected chi connectivity index (χ4v) is 1.85. The Morgan fingerprint density at radius 2 is 2.25 bits per heavy atom. The van der Waals surface area contributed by atoms with Gasteiger partial charge in [0.2, 0.25) is 0 Å². The third kappa shape index (κ3) is 2.51. The first-order valence-electron chi connectivity index (χ1n) is 5.42. The Labute approximate surface area is 94.2 Å². The normalized spacial score (nSPS) is 24.1. The fourth-order valence-electron chi connectivity index (χ4n) is 1.85. The molecule has 3 nitrogen and oxygen atoms in total. The summed E-state index contributed by atoms with van der Waals surface area (Å²) in [6.07, 6.45) is 2.39. The van der Waals surface area contributed by atoms with Crippen molar-refractivity contribution in [2.24, 2.45) is 0 Å². The Bertz CT molecular complexity index is 364. The molecule has 1 aromatic rings. The Balaban J connectivity index is 1.80. The van der Waals surface area contributed by atoms with E-state index >= 15 is 0 Å². The minimum absolute atomic E-state index is 0.299. The predicted octanol–water partition coefficient (Wildman–Crippen LogP) is 1.80. The minimum Gasteiger partial charge on any atom is -0.505 e. The van der Waals surface area contributed by atoms with Gasteiger partial charge in [-0.2, -0.15) is 0 Å². The van der Waals surface area contributed by atoms with Crippen molar-refractivity contribution in [3.63, 3.8) is 0 Å². The van der Waals surface area contributed by atoms with E-state index in [1.807, 2.05) is 0 Å². The van der Waals surface area contributed by atoms with Crippen molar-refractivity contribution in [2.45, 2.75) is 31.5 Å². The molecule has 16 heavy (non-hydrogen) atoms. The summed E-state index contributed by atoms with van der Waals surface area (Å²) in [5.74, 6) is -0.866. The Morgan fingerprint density at radius 1 is 1.50 bits per heavy atom. The molecule has 1 saturated carbocycles. The van der Waals surface area contributed by atoms with Gasteiger partial charge < -0.3 is 15.2 Å². The van der Waals surface area contributed by atoms with Gasteiger partial charge in [0.15, 0.2) is 11.6 Å². The number of halogens is 1. The molecule has 2 N–H and O–H groups in total. The molecule has 1 aliphatic rings. The van der Waals surface area contributed by atoms with E-state index in [0.717, 1.165) is 18.4 Å². The molecule has 0 saturated heterocycles. The Hall–Kier alpha value is -1.13. The molecule has 1 aromatic carbocycles. The zero-order valence-electron chi connectivity index (χ0n) is 9.24. The van der Waals surface area contributed by atoms with Crippen molar-refractivity contribution in [1.29, 1.82) is 0 Å². The van der Waals surface area contributed by atoms with Crippen molar-refractivity contribution in [3.05, 3.63) is 29.6 Å². The van der Waals surface area contributed by atoms with Crippen molar-refractivity contribution in [3.8, 4) is 5.75 Å². The molecule has 0 aromatic heterocycles. The van der Waals surface area contributed by atoms with Gasteiger partial charge in [-0.25, -0.2) is 4.39 Å². The van der Waals surface area contributed by atoms with Crippen LogP contribution in [0.1, 0.15) is 18.4 Å². The van der Waals surface area contributed by atoms with Gasteiger partial charge in [-0.15, -0.1) is 0 Å². The lowest BCUT2D eigenvalue weighted by Crippen LogP contribution is -2.44. The highest BCUT2D eigenvalue weighted by atomic mass is 19.1. The lowest BCUT2D eigenvalue weighted by atomic mass is 9.89. The summed E-state index contributed by atoms with van der Waals surface area (Å²) in [6, 6.07) is 4.92. The van der Waals surface area contributed by atoms with E-state index in [2.05, 4.69) is 5.32 Å². The van der Waals surface area contributed by atoms with E-state index in [1.165, 1.54) is 12.1 Å². The highest BCUT2D eigenvalue weighted by molar-refractivity contribution is 5.27. The molecule has 0 atom stereocenters. The highest BCUT2D eigenvalue weighted by Crippen LogP contribution is 2.23. The number of methoxy groups -OCH3 is 1. The molecule has 2 rings (SSSR count). The molecule has 0 spiro atoms. The van der Waals surface area contributed by atoms with Crippen LogP contribution < -0.4 is 5.32 Å². The number of phenolic OH excluding ortho intramolecular Hbond substituents is 1. The second-order valence-electron chi connectivity index (χ2n) is 4.19. The number of rotatable bonds is 4. The summed E-state index contributed by atoms with van der Waals surface area (Å²) in [6.45, 7) is 0.623. The molecule has 88 valence electrons. The summed E-state index contributed by atoms with van der Waals surface area (Å²) in [5, 5.41) is 12.4. The van der Waals surface area contributed by atoms with E-state index < -0.39 is 5.82 Å². The SMILES string of the molecule is COC1CC(NCc2ccc(O)c(F)c2)C1. The zero-order valence-corrected chi connectivity index (χ0v) is 9.24. The number of hydrogen-bond acceptors (Lipinski definition) is 3. The van der Waals surface area contributed by atoms with Crippen molar-refractivity contribution in [2.75, 3.05) is 7.11 Å². The van der Waals surface area contributed by atoms with Crippen LogP contribution in [0.4, 0.5) is 4.39 Å². The van der Waals surface area contributed by atoms with Gasteiger partial charge in [0.25, 0.3) is 0 Å². The van der Waals surface area contributed by atoms with E-state index in [-0.39, 0.29) is 5.75 Å². The molecule has 0 aliphatic heterocycles. The maximum atomic E-state index is 13.0. The average Bonchev–Trinajstić information content (AvgIpc) is 2.21. The van der Waals surface area contributed by atoms with Crippen LogP contribution in [0.15, 0.2) is 18.2 Å². The smallest absolute Gasteiger partial charge is 0.165 e. The molecule has 0 unspecified atom stereocenters. The summed E-state index contributed by atoms with van der Waals surface area (Å²) in [5.41, 5.74) is 0.844. The standard InChI is InChI=1S/C12H16FNO2/c1-16-10-5-9(6-10)14-7-8-2-3-12(15)11(13)4-8/h2-4,9-10,14-15H,5-7H2,1H3. The van der Waals surface area contributed by atoms with Gasteiger partial charge in [-0.3, -0.25) is 0 Å². The van der Waals surface area contributed by atoms with Crippen LogP contribution in [0.5, 0.6) is 5.75 Å². The van der Waals surface area contributed by atoms with Crippen molar-refractivity contribution < 1.29 is 14.2 Å². The molecule has 0 bridgehead atoms. The average molecular weight is 225 g/mol. The van der Waals surface area contributed by atoms with Gasteiger partial charge in [0.1, 0.15) is 0 Å². The lowest BCUT2D eigenvalue weighted by Gasteiger charge is -2.34. The molecule has 0 amide bonds. The van der Waals surface area contributed by atoms with Crippen LogP contribution in [0.2, 0.25) is 0 Å². The third-order valence-electron chi connectivity index (χ3n) is 3.04. The maximum Gasteiger partial charge on any atom is 0.165 e. The molecular formula is C12H16FNO2. The van der Waals surface area contributed by atoms with Gasteiger partial charge in [-0.1, -0.05) is 6.07 Å². The largest absolute Gasteiger partial charge is 0.505 e. The van der Waals surface area contributed by atoms with Gasteiger partial charge in [0, 0.05) is 19.7 Å². The van der Waals surface area contributed by atoms with E-state index in [9.17, 15) is 4.39 Å². The van der Waals surface area contributed by atoms with Crippen molar-refractivity contribution in [1.82, 2.24) is 5.32 Å². The molecule has 4 heteroatoms. The first kappa shape index (κ1) is 11.4. The first-order valence-corrected chi connectivity index (χ1v) is 5.42. The van der Waals surface area contributed by atoms with Crippen LogP contribution in [0.3, 0.4) is 0 Å². The highest BCUT2D eigenvalue weighted by Gasteiger charge is 2.28. The minimum atomic E-state index is -0.567. The summed E-state index contributed by atoms with van der Waals surface area (Å²) in [7, 11) is 1.72. The van der Waals surface area contributed by atoms with Crippen LogP contribution in [-0.2, 0) is 11.3 Å². The second kappa shape index (κ2) is 4.80. The zero-order chi connectivity index (χ0) is 11.5.